The summed E-state index contributed by atoms with van der Waals surface area (Å²) in [7, 11) is 0. The molecule has 0 saturated heterocycles. The van der Waals surface area contributed by atoms with Gasteiger partial charge in [0, 0.05) is 18.3 Å². The van der Waals surface area contributed by atoms with Gasteiger partial charge in [0.15, 0.2) is 0 Å². The van der Waals surface area contributed by atoms with Crippen molar-refractivity contribution in [3.05, 3.63) is 120 Å². The average Bonchev–Trinajstić information content (AvgIpc) is 3.45. The topological polar surface area (TPSA) is 118 Å². The second-order valence-corrected chi connectivity index (χ2v) is 8.26. The quantitative estimate of drug-likeness (QED) is 0.205. The molecule has 4 aromatic rings. The molecule has 194 valence electrons. The number of halogens is 1. The lowest BCUT2D eigenvalue weighted by Gasteiger charge is -2.16. The fourth-order valence-electron chi connectivity index (χ4n) is 3.42. The van der Waals surface area contributed by atoms with Crippen LogP contribution in [0.4, 0.5) is 9.18 Å². The van der Waals surface area contributed by atoms with Gasteiger partial charge >= 0.3 is 6.09 Å². The van der Waals surface area contributed by atoms with Crippen molar-refractivity contribution in [1.82, 2.24) is 20.7 Å². The number of nitrogens with zero attached hydrogens (tertiary/aromatic N) is 2. The van der Waals surface area contributed by atoms with E-state index in [-0.39, 0.29) is 25.5 Å². The van der Waals surface area contributed by atoms with Crippen LogP contribution >= 0.6 is 0 Å². The number of carbonyl (C=O) groups is 2. The molecule has 0 unspecified atom stereocenters. The molecular formula is C28H26FN5O4. The second kappa shape index (κ2) is 13.4. The lowest BCUT2D eigenvalue weighted by Crippen LogP contribution is -2.47. The molecule has 9 nitrogen and oxygen atoms in total. The van der Waals surface area contributed by atoms with Gasteiger partial charge in [-0.05, 0) is 53.1 Å². The highest BCUT2D eigenvalue weighted by molar-refractivity contribution is 5.87. The highest BCUT2D eigenvalue weighted by Gasteiger charge is 2.22. The highest BCUT2D eigenvalue weighted by Crippen LogP contribution is 2.14. The third-order valence-electron chi connectivity index (χ3n) is 5.36. The molecule has 4 rings (SSSR count). The Labute approximate surface area is 218 Å². The van der Waals surface area contributed by atoms with Crippen LogP contribution in [0.2, 0.25) is 0 Å². The number of aromatic nitrogens is 2. The van der Waals surface area contributed by atoms with Crippen LogP contribution in [0, 0.1) is 5.82 Å². The molecule has 10 heteroatoms. The van der Waals surface area contributed by atoms with Crippen LogP contribution in [0.1, 0.15) is 22.4 Å². The summed E-state index contributed by atoms with van der Waals surface area (Å²) in [6.45, 7) is 0.310. The van der Waals surface area contributed by atoms with Crippen molar-refractivity contribution in [3.8, 4) is 5.75 Å². The van der Waals surface area contributed by atoms with E-state index in [1.165, 1.54) is 24.7 Å². The van der Waals surface area contributed by atoms with Crippen molar-refractivity contribution >= 4 is 18.2 Å². The lowest BCUT2D eigenvalue weighted by atomic mass is 10.1. The first-order chi connectivity index (χ1) is 18.5. The van der Waals surface area contributed by atoms with Crippen molar-refractivity contribution in [2.75, 3.05) is 0 Å². The van der Waals surface area contributed by atoms with Crippen molar-refractivity contribution in [2.45, 2.75) is 25.7 Å². The number of alkyl carbamates (subject to hydrolysis) is 1. The van der Waals surface area contributed by atoms with E-state index in [9.17, 15) is 14.0 Å². The highest BCUT2D eigenvalue weighted by atomic mass is 19.1. The fourth-order valence-corrected chi connectivity index (χ4v) is 3.42. The van der Waals surface area contributed by atoms with Crippen molar-refractivity contribution in [3.63, 3.8) is 0 Å². The number of hydrogen-bond acceptors (Lipinski definition) is 6. The van der Waals surface area contributed by atoms with Gasteiger partial charge in [0.25, 0.3) is 5.91 Å². The molecule has 0 bridgehead atoms. The SMILES string of the molecule is O=C(N[C@H](Cc1cnc[nH]1)C(=O)N/N=C\c1ccc(OCc2cccc(F)c2)cc1)OCc1ccccc1. The predicted octanol–water partition coefficient (Wildman–Crippen LogP) is 4.12. The van der Waals surface area contributed by atoms with E-state index < -0.39 is 18.0 Å². The van der Waals surface area contributed by atoms with Gasteiger partial charge in [-0.1, -0.05) is 42.5 Å². The van der Waals surface area contributed by atoms with Crippen LogP contribution in [0.3, 0.4) is 0 Å². The van der Waals surface area contributed by atoms with Gasteiger partial charge in [-0.2, -0.15) is 5.10 Å². The number of hydrazone groups is 1. The minimum atomic E-state index is -0.950. The number of amides is 2. The van der Waals surface area contributed by atoms with Gasteiger partial charge in [-0.3, -0.25) is 4.79 Å². The van der Waals surface area contributed by atoms with E-state index in [4.69, 9.17) is 9.47 Å². The zero-order chi connectivity index (χ0) is 26.6. The molecule has 38 heavy (non-hydrogen) atoms. The molecule has 3 aromatic carbocycles. The third kappa shape index (κ3) is 8.30. The molecule has 3 N–H and O–H groups in total. The molecule has 0 spiro atoms. The van der Waals surface area contributed by atoms with E-state index in [0.717, 1.165) is 11.1 Å². The number of nitrogens with one attached hydrogen (secondary N) is 3. The van der Waals surface area contributed by atoms with Crippen LogP contribution < -0.4 is 15.5 Å². The van der Waals surface area contributed by atoms with Gasteiger partial charge < -0.3 is 19.8 Å². The maximum Gasteiger partial charge on any atom is 0.408 e. The van der Waals surface area contributed by atoms with Crippen LogP contribution in [0.25, 0.3) is 0 Å². The number of aromatic amines is 1. The molecule has 1 atom stereocenters. The first kappa shape index (κ1) is 26.1. The van der Waals surface area contributed by atoms with Crippen LogP contribution in [-0.4, -0.2) is 34.2 Å². The van der Waals surface area contributed by atoms with Gasteiger partial charge in [-0.15, -0.1) is 0 Å². The van der Waals surface area contributed by atoms with E-state index >= 15 is 0 Å². The smallest absolute Gasteiger partial charge is 0.408 e. The normalized spacial score (nSPS) is 11.6. The van der Waals surface area contributed by atoms with Crippen LogP contribution in [0.5, 0.6) is 5.75 Å². The molecule has 1 heterocycles. The largest absolute Gasteiger partial charge is 0.489 e. The van der Waals surface area contributed by atoms with Gasteiger partial charge in [0.05, 0.1) is 12.5 Å². The Balaban J connectivity index is 1.29. The fraction of sp³-hybridized carbons (Fsp3) is 0.143. The first-order valence-corrected chi connectivity index (χ1v) is 11.8. The summed E-state index contributed by atoms with van der Waals surface area (Å²) >= 11 is 0. The Morgan fingerprint density at radius 1 is 1.00 bits per heavy atom. The lowest BCUT2D eigenvalue weighted by molar-refractivity contribution is -0.123. The Kier molecular flexibility index (Phi) is 9.17. The molecule has 0 saturated carbocycles. The van der Waals surface area contributed by atoms with Crippen molar-refractivity contribution in [2.24, 2.45) is 5.10 Å². The number of H-pyrrole nitrogens is 1. The number of hydrogen-bond donors (Lipinski definition) is 3. The van der Waals surface area contributed by atoms with E-state index in [1.807, 2.05) is 30.3 Å². The summed E-state index contributed by atoms with van der Waals surface area (Å²) in [5.41, 5.74) is 5.37. The number of rotatable bonds is 11. The minimum Gasteiger partial charge on any atom is -0.489 e. The summed E-state index contributed by atoms with van der Waals surface area (Å²) in [6, 6.07) is 21.5. The summed E-state index contributed by atoms with van der Waals surface area (Å²) in [5.74, 6) is -0.235. The third-order valence-corrected chi connectivity index (χ3v) is 5.36. The summed E-state index contributed by atoms with van der Waals surface area (Å²) in [6.07, 6.45) is 3.96. The Morgan fingerprint density at radius 2 is 1.79 bits per heavy atom. The molecule has 1 aromatic heterocycles. The molecule has 0 aliphatic heterocycles. The van der Waals surface area contributed by atoms with E-state index in [1.54, 1.807) is 42.6 Å². The second-order valence-electron chi connectivity index (χ2n) is 8.26. The number of benzene rings is 3. The number of imidazole rings is 1. The maximum atomic E-state index is 13.3. The minimum absolute atomic E-state index is 0.0746. The maximum absolute atomic E-state index is 13.3. The van der Waals surface area contributed by atoms with Crippen LogP contribution in [-0.2, 0) is 29.2 Å². The summed E-state index contributed by atoms with van der Waals surface area (Å²) in [4.78, 5) is 32.0. The standard InChI is InChI=1S/C28H26FN5O4/c29-23-8-4-7-22(13-23)18-37-25-11-9-20(10-12-25)15-32-34-27(35)26(14-24-16-30-19-31-24)33-28(36)38-17-21-5-2-1-3-6-21/h1-13,15-16,19,26H,14,17-18H2,(H,30,31)(H,33,36)(H,34,35)/b32-15-/t26-/m1/s1. The number of ether oxygens (including phenoxy) is 2. The zero-order valence-corrected chi connectivity index (χ0v) is 20.3. The summed E-state index contributed by atoms with van der Waals surface area (Å²) < 4.78 is 24.2. The molecule has 0 aliphatic rings. The molecular weight excluding hydrogens is 489 g/mol. The first-order valence-electron chi connectivity index (χ1n) is 11.8. The zero-order valence-electron chi connectivity index (χ0n) is 20.3. The molecule has 0 aliphatic carbocycles. The van der Waals surface area contributed by atoms with E-state index in [2.05, 4.69) is 25.8 Å². The number of carbonyl (C=O) groups excluding carboxylic acids is 2. The molecule has 2 amide bonds. The van der Waals surface area contributed by atoms with Crippen LogP contribution in [0.15, 0.2) is 96.5 Å². The molecule has 0 radical (unpaired) electrons. The Morgan fingerprint density at radius 3 is 2.53 bits per heavy atom. The summed E-state index contributed by atoms with van der Waals surface area (Å²) in [5, 5.41) is 6.58. The van der Waals surface area contributed by atoms with Gasteiger partial charge in [0.1, 0.15) is 30.8 Å². The van der Waals surface area contributed by atoms with Gasteiger partial charge in [0.2, 0.25) is 0 Å². The van der Waals surface area contributed by atoms with Crippen molar-refractivity contribution < 1.29 is 23.5 Å². The van der Waals surface area contributed by atoms with Gasteiger partial charge in [-0.25, -0.2) is 19.6 Å². The Hall–Kier alpha value is -4.99. The molecule has 0 fully saturated rings. The average molecular weight is 516 g/mol. The van der Waals surface area contributed by atoms with E-state index in [0.29, 0.717) is 17.0 Å². The van der Waals surface area contributed by atoms with Crippen molar-refractivity contribution in [1.29, 1.82) is 0 Å². The monoisotopic (exact) mass is 515 g/mol. The Bertz CT molecular complexity index is 1350. The predicted molar refractivity (Wildman–Crippen MR) is 139 cm³/mol.